The number of hydrogen-bond donors (Lipinski definition) is 1. The third-order valence-corrected chi connectivity index (χ3v) is 2.72. The van der Waals surface area contributed by atoms with Gasteiger partial charge in [-0.1, -0.05) is 13.8 Å². The van der Waals surface area contributed by atoms with Crippen molar-refractivity contribution in [2.45, 2.75) is 46.8 Å². The van der Waals surface area contributed by atoms with E-state index >= 15 is 0 Å². The molecule has 0 saturated heterocycles. The Morgan fingerprint density at radius 2 is 2.00 bits per heavy atom. The number of anilines is 1. The van der Waals surface area contributed by atoms with Gasteiger partial charge in [-0.2, -0.15) is 4.37 Å². The fraction of sp³-hybridized carbons (Fsp3) is 0.818. The fourth-order valence-corrected chi connectivity index (χ4v) is 2.15. The van der Waals surface area contributed by atoms with E-state index < -0.39 is 0 Å². The van der Waals surface area contributed by atoms with Crippen molar-refractivity contribution in [2.75, 3.05) is 11.9 Å². The molecule has 0 aromatic carbocycles. The van der Waals surface area contributed by atoms with Gasteiger partial charge in [-0.25, -0.2) is 4.98 Å². The lowest BCUT2D eigenvalue weighted by Gasteiger charge is -2.17. The van der Waals surface area contributed by atoms with Crippen LogP contribution in [-0.4, -0.2) is 22.0 Å². The first-order chi connectivity index (χ1) is 7.54. The van der Waals surface area contributed by atoms with E-state index in [1.54, 1.807) is 0 Å². The van der Waals surface area contributed by atoms with E-state index in [9.17, 15) is 0 Å². The Morgan fingerprint density at radius 3 is 2.50 bits per heavy atom. The molecule has 0 saturated carbocycles. The first-order valence-electron chi connectivity index (χ1n) is 5.76. The Balaban J connectivity index is 2.73. The Kier molecular flexibility index (Phi) is 5.15. The lowest BCUT2D eigenvalue weighted by molar-refractivity contribution is 0.0241. The van der Waals surface area contributed by atoms with Crippen molar-refractivity contribution in [2.24, 2.45) is 5.92 Å². The molecule has 1 N–H and O–H groups in total. The number of ether oxygens (including phenoxy) is 1. The van der Waals surface area contributed by atoms with Crippen LogP contribution in [0.5, 0.6) is 0 Å². The second-order valence-corrected chi connectivity index (χ2v) is 5.13. The topological polar surface area (TPSA) is 47.0 Å². The summed E-state index contributed by atoms with van der Waals surface area (Å²) < 4.78 is 10.0. The van der Waals surface area contributed by atoms with E-state index in [1.807, 2.05) is 6.92 Å². The second kappa shape index (κ2) is 6.15. The molecule has 92 valence electrons. The minimum Gasteiger partial charge on any atom is -0.370 e. The molecule has 4 nitrogen and oxygen atoms in total. The van der Waals surface area contributed by atoms with Gasteiger partial charge in [0, 0.05) is 24.2 Å². The number of rotatable bonds is 6. The highest BCUT2D eigenvalue weighted by molar-refractivity contribution is 7.09. The van der Waals surface area contributed by atoms with E-state index in [0.29, 0.717) is 18.6 Å². The van der Waals surface area contributed by atoms with Gasteiger partial charge >= 0.3 is 0 Å². The SMILES string of the molecule is CCOC(c1nsc(NC(C)C)n1)C(C)C. The number of nitrogens with zero attached hydrogens (tertiary/aromatic N) is 2. The van der Waals surface area contributed by atoms with E-state index in [-0.39, 0.29) is 6.10 Å². The summed E-state index contributed by atoms with van der Waals surface area (Å²) in [6, 6.07) is 0.380. The van der Waals surface area contributed by atoms with Gasteiger partial charge in [0.2, 0.25) is 5.13 Å². The molecule has 16 heavy (non-hydrogen) atoms. The van der Waals surface area contributed by atoms with Crippen molar-refractivity contribution in [3.63, 3.8) is 0 Å². The molecular formula is C11H21N3OS. The standard InChI is InChI=1S/C11H21N3OS/c1-6-15-9(7(2)3)10-13-11(16-14-10)12-8(4)5/h7-9H,6H2,1-5H3,(H,12,13,14). The van der Waals surface area contributed by atoms with Gasteiger partial charge in [-0.15, -0.1) is 0 Å². The lowest BCUT2D eigenvalue weighted by Crippen LogP contribution is -2.13. The van der Waals surface area contributed by atoms with Gasteiger partial charge in [0.05, 0.1) is 0 Å². The molecule has 0 amide bonds. The highest BCUT2D eigenvalue weighted by Crippen LogP contribution is 2.26. The zero-order valence-electron chi connectivity index (χ0n) is 10.7. The van der Waals surface area contributed by atoms with Gasteiger partial charge in [-0.3, -0.25) is 0 Å². The second-order valence-electron chi connectivity index (χ2n) is 4.38. The maximum Gasteiger partial charge on any atom is 0.202 e. The van der Waals surface area contributed by atoms with Crippen LogP contribution in [0.3, 0.4) is 0 Å². The largest absolute Gasteiger partial charge is 0.370 e. The Hall–Kier alpha value is -0.680. The van der Waals surface area contributed by atoms with Crippen LogP contribution < -0.4 is 5.32 Å². The molecule has 0 fully saturated rings. The smallest absolute Gasteiger partial charge is 0.202 e. The summed E-state index contributed by atoms with van der Waals surface area (Å²) in [5.74, 6) is 1.19. The molecule has 1 heterocycles. The maximum absolute atomic E-state index is 5.66. The quantitative estimate of drug-likeness (QED) is 0.834. The van der Waals surface area contributed by atoms with Crippen LogP contribution in [0.1, 0.15) is 46.5 Å². The first-order valence-corrected chi connectivity index (χ1v) is 6.53. The fourth-order valence-electron chi connectivity index (χ4n) is 1.40. The van der Waals surface area contributed by atoms with Crippen LogP contribution in [0.4, 0.5) is 5.13 Å². The van der Waals surface area contributed by atoms with Crippen molar-refractivity contribution >= 4 is 16.7 Å². The van der Waals surface area contributed by atoms with Crippen LogP contribution in [0, 0.1) is 5.92 Å². The molecule has 0 bridgehead atoms. The minimum absolute atomic E-state index is 0.00367. The molecule has 1 rings (SSSR count). The molecule has 1 unspecified atom stereocenters. The molecule has 0 aliphatic rings. The average molecular weight is 243 g/mol. The zero-order valence-corrected chi connectivity index (χ0v) is 11.5. The van der Waals surface area contributed by atoms with Gasteiger partial charge in [-0.05, 0) is 26.7 Å². The van der Waals surface area contributed by atoms with Crippen molar-refractivity contribution in [3.8, 4) is 0 Å². The summed E-state index contributed by atoms with van der Waals surface area (Å²) in [6.07, 6.45) is 0.00367. The Bertz CT molecular complexity index is 312. The number of nitrogens with one attached hydrogen (secondary N) is 1. The van der Waals surface area contributed by atoms with Crippen molar-refractivity contribution in [3.05, 3.63) is 5.82 Å². The molecule has 5 heteroatoms. The van der Waals surface area contributed by atoms with Gasteiger partial charge in [0.25, 0.3) is 0 Å². The molecule has 1 aromatic heterocycles. The Labute approximate surface area is 102 Å². The minimum atomic E-state index is 0.00367. The highest BCUT2D eigenvalue weighted by Gasteiger charge is 2.20. The molecule has 1 atom stereocenters. The van der Waals surface area contributed by atoms with Gasteiger partial charge in [0.1, 0.15) is 6.10 Å². The predicted molar refractivity (Wildman–Crippen MR) is 67.9 cm³/mol. The number of aromatic nitrogens is 2. The summed E-state index contributed by atoms with van der Waals surface area (Å²) in [5, 5.41) is 4.12. The van der Waals surface area contributed by atoms with Crippen molar-refractivity contribution in [1.82, 2.24) is 9.36 Å². The lowest BCUT2D eigenvalue weighted by atomic mass is 10.1. The van der Waals surface area contributed by atoms with Gasteiger partial charge in [0.15, 0.2) is 5.82 Å². The monoisotopic (exact) mass is 243 g/mol. The van der Waals surface area contributed by atoms with Crippen molar-refractivity contribution in [1.29, 1.82) is 0 Å². The van der Waals surface area contributed by atoms with Gasteiger partial charge < -0.3 is 10.1 Å². The molecule has 1 aromatic rings. The van der Waals surface area contributed by atoms with Crippen molar-refractivity contribution < 1.29 is 4.74 Å². The molecule has 0 radical (unpaired) electrons. The van der Waals surface area contributed by atoms with E-state index in [1.165, 1.54) is 11.5 Å². The summed E-state index contributed by atoms with van der Waals surface area (Å²) in [5.41, 5.74) is 0. The summed E-state index contributed by atoms with van der Waals surface area (Å²) in [7, 11) is 0. The van der Waals surface area contributed by atoms with Crippen LogP contribution in [0.15, 0.2) is 0 Å². The Morgan fingerprint density at radius 1 is 1.31 bits per heavy atom. The maximum atomic E-state index is 5.66. The van der Waals surface area contributed by atoms with E-state index in [0.717, 1.165) is 11.0 Å². The molecule has 0 aliphatic carbocycles. The first kappa shape index (κ1) is 13.4. The van der Waals surface area contributed by atoms with E-state index in [2.05, 4.69) is 42.4 Å². The van der Waals surface area contributed by atoms with Crippen LogP contribution in [-0.2, 0) is 4.74 Å². The predicted octanol–water partition coefficient (Wildman–Crippen LogP) is 3.09. The third-order valence-electron chi connectivity index (χ3n) is 2.06. The number of hydrogen-bond acceptors (Lipinski definition) is 5. The van der Waals surface area contributed by atoms with E-state index in [4.69, 9.17) is 4.74 Å². The average Bonchev–Trinajstić information content (AvgIpc) is 2.60. The van der Waals surface area contributed by atoms with Crippen LogP contribution in [0.25, 0.3) is 0 Å². The van der Waals surface area contributed by atoms with Crippen LogP contribution >= 0.6 is 11.5 Å². The normalized spacial score (nSPS) is 13.4. The molecule has 0 aliphatic heterocycles. The summed E-state index contributed by atoms with van der Waals surface area (Å²) in [4.78, 5) is 4.46. The highest BCUT2D eigenvalue weighted by atomic mass is 32.1. The summed E-state index contributed by atoms with van der Waals surface area (Å²) >= 11 is 1.40. The molecule has 0 spiro atoms. The molecular weight excluding hydrogens is 222 g/mol. The van der Waals surface area contributed by atoms with Crippen LogP contribution in [0.2, 0.25) is 0 Å². The summed E-state index contributed by atoms with van der Waals surface area (Å²) in [6.45, 7) is 11.1. The third kappa shape index (κ3) is 3.72. The zero-order chi connectivity index (χ0) is 12.1.